The summed E-state index contributed by atoms with van der Waals surface area (Å²) in [7, 11) is 0. The summed E-state index contributed by atoms with van der Waals surface area (Å²) in [6, 6.07) is 11.6. The number of carbonyl (C=O) groups is 2. The van der Waals surface area contributed by atoms with Gasteiger partial charge < -0.3 is 11.5 Å². The van der Waals surface area contributed by atoms with E-state index >= 15 is 0 Å². The molecule has 0 unspecified atom stereocenters. The third-order valence-corrected chi connectivity index (χ3v) is 1.84. The minimum absolute atomic E-state index is 0.915. The maximum absolute atomic E-state index is 9.45. The van der Waals surface area contributed by atoms with Crippen LogP contribution >= 0.6 is 0 Å². The van der Waals surface area contributed by atoms with Crippen LogP contribution in [0.1, 0.15) is 0 Å². The average Bonchev–Trinajstić information content (AvgIpc) is 2.41. The molecular weight excluding hydrogens is 232 g/mol. The first-order valence-corrected chi connectivity index (χ1v) is 5.03. The molecule has 0 spiro atoms. The van der Waals surface area contributed by atoms with Gasteiger partial charge >= 0.3 is 11.8 Å². The summed E-state index contributed by atoms with van der Waals surface area (Å²) in [5, 5.41) is 0. The molecule has 6 heteroatoms. The predicted molar refractivity (Wildman–Crippen MR) is 65.9 cm³/mol. The van der Waals surface area contributed by atoms with E-state index in [1.165, 1.54) is 0 Å². The van der Waals surface area contributed by atoms with E-state index in [1.54, 1.807) is 12.4 Å². The fourth-order valence-electron chi connectivity index (χ4n) is 1.03. The molecule has 0 bridgehead atoms. The Bertz CT molecular complexity index is 465. The molecule has 0 aliphatic rings. The van der Waals surface area contributed by atoms with Crippen LogP contribution < -0.4 is 11.5 Å². The fourth-order valence-corrected chi connectivity index (χ4v) is 1.03. The molecule has 4 N–H and O–H groups in total. The van der Waals surface area contributed by atoms with Gasteiger partial charge in [0, 0.05) is 12.4 Å². The monoisotopic (exact) mass is 244 g/mol. The second kappa shape index (κ2) is 6.74. The molecule has 2 aromatic heterocycles. The maximum Gasteiger partial charge on any atom is 0.306 e. The van der Waals surface area contributed by atoms with E-state index in [9.17, 15) is 9.59 Å². The minimum Gasteiger partial charge on any atom is -0.361 e. The van der Waals surface area contributed by atoms with Gasteiger partial charge in [0.1, 0.15) is 0 Å². The summed E-state index contributed by atoms with van der Waals surface area (Å²) < 4.78 is 0. The van der Waals surface area contributed by atoms with Crippen molar-refractivity contribution >= 4 is 11.8 Å². The highest BCUT2D eigenvalue weighted by Gasteiger charge is 1.97. The third-order valence-electron chi connectivity index (χ3n) is 1.84. The van der Waals surface area contributed by atoms with Gasteiger partial charge in [-0.3, -0.25) is 19.6 Å². The molecule has 0 fully saturated rings. The zero-order chi connectivity index (χ0) is 13.4. The van der Waals surface area contributed by atoms with Gasteiger partial charge in [-0.05, 0) is 24.3 Å². The van der Waals surface area contributed by atoms with E-state index in [1.807, 2.05) is 36.4 Å². The number of rotatable bonds is 1. The van der Waals surface area contributed by atoms with Crippen molar-refractivity contribution in [2.24, 2.45) is 11.5 Å². The van der Waals surface area contributed by atoms with Crippen molar-refractivity contribution in [1.82, 2.24) is 9.97 Å². The smallest absolute Gasteiger partial charge is 0.306 e. The lowest BCUT2D eigenvalue weighted by molar-refractivity contribution is -0.135. The standard InChI is InChI=1S/C10H8N2.C2H4N2O2/c1-3-7-11-9(5-1)10-6-2-4-8-12-10;3-1(5)2(4)6/h1-8H;(H2,3,5)(H2,4,6). The number of nitrogens with zero attached hydrogens (tertiary/aromatic N) is 2. The lowest BCUT2D eigenvalue weighted by atomic mass is 10.2. The Kier molecular flexibility index (Phi) is 4.98. The molecule has 0 radical (unpaired) electrons. The third kappa shape index (κ3) is 4.40. The Morgan fingerprint density at radius 1 is 0.778 bits per heavy atom. The number of nitrogens with two attached hydrogens (primary N) is 2. The maximum atomic E-state index is 9.45. The fraction of sp³-hybridized carbons (Fsp3) is 0. The molecule has 2 heterocycles. The van der Waals surface area contributed by atoms with E-state index < -0.39 is 11.8 Å². The first-order valence-electron chi connectivity index (χ1n) is 5.03. The van der Waals surface area contributed by atoms with Crippen LogP contribution in [0.3, 0.4) is 0 Å². The van der Waals surface area contributed by atoms with Gasteiger partial charge in [-0.15, -0.1) is 0 Å². The van der Waals surface area contributed by atoms with Gasteiger partial charge in [0.15, 0.2) is 0 Å². The van der Waals surface area contributed by atoms with Crippen LogP contribution in [0.5, 0.6) is 0 Å². The van der Waals surface area contributed by atoms with Gasteiger partial charge in [-0.25, -0.2) is 0 Å². The van der Waals surface area contributed by atoms with Crippen molar-refractivity contribution in [3.63, 3.8) is 0 Å². The molecular formula is C12H12N4O2. The van der Waals surface area contributed by atoms with Gasteiger partial charge in [-0.1, -0.05) is 12.1 Å². The van der Waals surface area contributed by atoms with Gasteiger partial charge in [0.25, 0.3) is 0 Å². The van der Waals surface area contributed by atoms with Gasteiger partial charge in [-0.2, -0.15) is 0 Å². The number of pyridine rings is 2. The predicted octanol–water partition coefficient (Wildman–Crippen LogP) is 0.101. The number of hydrogen-bond acceptors (Lipinski definition) is 4. The summed E-state index contributed by atoms with van der Waals surface area (Å²) in [5.41, 5.74) is 10.5. The van der Waals surface area contributed by atoms with Crippen molar-refractivity contribution in [2.45, 2.75) is 0 Å². The van der Waals surface area contributed by atoms with Crippen LogP contribution in [-0.2, 0) is 9.59 Å². The lowest BCUT2D eigenvalue weighted by Crippen LogP contribution is -2.29. The molecule has 6 nitrogen and oxygen atoms in total. The molecule has 92 valence electrons. The summed E-state index contributed by atoms with van der Waals surface area (Å²) in [6.45, 7) is 0. The summed E-state index contributed by atoms with van der Waals surface area (Å²) >= 11 is 0. The SMILES string of the molecule is NC(=O)C(N)=O.c1ccc(-c2ccccn2)nc1. The second-order valence-corrected chi connectivity index (χ2v) is 3.16. The van der Waals surface area contributed by atoms with Crippen molar-refractivity contribution in [3.05, 3.63) is 48.8 Å². The highest BCUT2D eigenvalue weighted by atomic mass is 16.2. The normalized spacial score (nSPS) is 8.89. The zero-order valence-electron chi connectivity index (χ0n) is 9.48. The number of hydrogen-bond donors (Lipinski definition) is 2. The summed E-state index contributed by atoms with van der Waals surface area (Å²) in [5.74, 6) is -2.20. The second-order valence-electron chi connectivity index (χ2n) is 3.16. The molecule has 0 aliphatic carbocycles. The summed E-state index contributed by atoms with van der Waals surface area (Å²) in [6.07, 6.45) is 3.54. The van der Waals surface area contributed by atoms with Crippen LogP contribution in [0.15, 0.2) is 48.8 Å². The number of amides is 2. The molecule has 18 heavy (non-hydrogen) atoms. The highest BCUT2D eigenvalue weighted by molar-refractivity contribution is 6.33. The van der Waals surface area contributed by atoms with Crippen molar-refractivity contribution < 1.29 is 9.59 Å². The van der Waals surface area contributed by atoms with Crippen LogP contribution in [0.25, 0.3) is 11.4 Å². The lowest BCUT2D eigenvalue weighted by Gasteiger charge is -1.96. The van der Waals surface area contributed by atoms with Crippen LogP contribution in [0.2, 0.25) is 0 Å². The van der Waals surface area contributed by atoms with E-state index in [4.69, 9.17) is 0 Å². The topological polar surface area (TPSA) is 112 Å². The van der Waals surface area contributed by atoms with Crippen LogP contribution in [-0.4, -0.2) is 21.8 Å². The van der Waals surface area contributed by atoms with Crippen molar-refractivity contribution in [1.29, 1.82) is 0 Å². The molecule has 0 saturated heterocycles. The van der Waals surface area contributed by atoms with Gasteiger partial charge in [0.05, 0.1) is 11.4 Å². The van der Waals surface area contributed by atoms with Gasteiger partial charge in [0.2, 0.25) is 0 Å². The Labute approximate surface area is 104 Å². The van der Waals surface area contributed by atoms with Crippen LogP contribution in [0, 0.1) is 0 Å². The molecule has 0 saturated carbocycles. The zero-order valence-corrected chi connectivity index (χ0v) is 9.48. The Morgan fingerprint density at radius 2 is 1.17 bits per heavy atom. The van der Waals surface area contributed by atoms with Crippen LogP contribution in [0.4, 0.5) is 0 Å². The quantitative estimate of drug-likeness (QED) is 0.693. The van der Waals surface area contributed by atoms with E-state index in [0.717, 1.165) is 11.4 Å². The van der Waals surface area contributed by atoms with Crippen molar-refractivity contribution in [3.8, 4) is 11.4 Å². The van der Waals surface area contributed by atoms with Crippen molar-refractivity contribution in [2.75, 3.05) is 0 Å². The summed E-state index contributed by atoms with van der Waals surface area (Å²) in [4.78, 5) is 27.3. The first-order chi connectivity index (χ1) is 8.61. The molecule has 2 amide bonds. The molecule has 2 rings (SSSR count). The Hall–Kier alpha value is -2.76. The molecule has 0 atom stereocenters. The molecule has 0 aliphatic heterocycles. The minimum atomic E-state index is -1.10. The number of aromatic nitrogens is 2. The average molecular weight is 244 g/mol. The number of primary amides is 2. The molecule has 0 aromatic carbocycles. The van der Waals surface area contributed by atoms with E-state index in [-0.39, 0.29) is 0 Å². The molecule has 2 aromatic rings. The largest absolute Gasteiger partial charge is 0.361 e. The number of carbonyl (C=O) groups excluding carboxylic acids is 2. The Morgan fingerprint density at radius 3 is 1.39 bits per heavy atom. The first kappa shape index (κ1) is 13.3. The Balaban J connectivity index is 0.000000232. The highest BCUT2D eigenvalue weighted by Crippen LogP contribution is 2.10. The van der Waals surface area contributed by atoms with E-state index in [2.05, 4.69) is 21.4 Å². The van der Waals surface area contributed by atoms with E-state index in [0.29, 0.717) is 0 Å².